The summed E-state index contributed by atoms with van der Waals surface area (Å²) < 4.78 is 5.24. The maximum Gasteiger partial charge on any atom is 0.597 e. The molecule has 0 radical (unpaired) electrons. The summed E-state index contributed by atoms with van der Waals surface area (Å²) in [7, 11) is 0. The molecule has 0 aliphatic carbocycles. The molecular weight excluding hydrogens is 318 g/mol. The normalized spacial score (nSPS) is 20.3. The van der Waals surface area contributed by atoms with Gasteiger partial charge >= 0.3 is 29.4 Å². The third-order valence-corrected chi connectivity index (χ3v) is 3.28. The second kappa shape index (κ2) is 6.29. The number of rotatable bonds is 4. The summed E-state index contributed by atoms with van der Waals surface area (Å²) in [6.07, 6.45) is -2.09. The number of amides is 1. The van der Waals surface area contributed by atoms with Crippen LogP contribution in [0.2, 0.25) is 0 Å². The zero-order valence-corrected chi connectivity index (χ0v) is 12.4. The molecule has 0 aromatic heterocycles. The molecule has 1 heterocycles. The molecule has 9 nitrogen and oxygen atoms in total. The molecule has 2 rings (SSSR count). The minimum Gasteiger partial charge on any atom is -0.473 e. The number of esters is 1. The van der Waals surface area contributed by atoms with Crippen molar-refractivity contribution in [1.29, 1.82) is 5.26 Å². The third kappa shape index (κ3) is 2.61. The first-order valence-electron chi connectivity index (χ1n) is 6.69. The lowest BCUT2D eigenvalue weighted by atomic mass is 9.99. The van der Waals surface area contributed by atoms with Crippen LogP contribution in [0.25, 0.3) is 0 Å². The first-order valence-corrected chi connectivity index (χ1v) is 6.69. The number of aliphatic imine (C=N–C) groups is 1. The van der Waals surface area contributed by atoms with Gasteiger partial charge in [-0.2, -0.15) is 10.1 Å². The van der Waals surface area contributed by atoms with Gasteiger partial charge in [0.1, 0.15) is 12.3 Å². The van der Waals surface area contributed by atoms with Crippen LogP contribution in [0.3, 0.4) is 0 Å². The largest absolute Gasteiger partial charge is 0.597 e. The molecule has 2 atom stereocenters. The topological polar surface area (TPSA) is 140 Å². The monoisotopic (exact) mass is 330 g/mol. The van der Waals surface area contributed by atoms with Crippen molar-refractivity contribution in [1.82, 2.24) is 0 Å². The smallest absolute Gasteiger partial charge is 0.473 e. The van der Waals surface area contributed by atoms with E-state index in [4.69, 9.17) is 10.00 Å². The predicted molar refractivity (Wildman–Crippen MR) is 78.7 cm³/mol. The van der Waals surface area contributed by atoms with Gasteiger partial charge in [-0.15, -0.1) is 0 Å². The van der Waals surface area contributed by atoms with Crippen LogP contribution in [0.1, 0.15) is 12.5 Å². The van der Waals surface area contributed by atoms with Crippen molar-refractivity contribution in [2.75, 3.05) is 0 Å². The fourth-order valence-corrected chi connectivity index (χ4v) is 2.24. The summed E-state index contributed by atoms with van der Waals surface area (Å²) in [6.45, 7) is 1.29. The first-order chi connectivity index (χ1) is 11.3. The molecule has 1 aromatic rings. The molecule has 24 heavy (non-hydrogen) atoms. The van der Waals surface area contributed by atoms with Crippen LogP contribution < -0.4 is 0 Å². The van der Waals surface area contributed by atoms with Crippen LogP contribution in [-0.2, 0) is 20.0 Å². The summed E-state index contributed by atoms with van der Waals surface area (Å²) in [5.74, 6) is -2.74. The molecule has 2 unspecified atom stereocenters. The van der Waals surface area contributed by atoms with Crippen molar-refractivity contribution >= 4 is 30.0 Å². The van der Waals surface area contributed by atoms with E-state index >= 15 is 0 Å². The molecule has 9 heteroatoms. The second-order valence-electron chi connectivity index (χ2n) is 4.78. The Bertz CT molecular complexity index is 808. The number of nitriles is 1. The van der Waals surface area contributed by atoms with Crippen molar-refractivity contribution in [3.8, 4) is 6.07 Å². The molecular formula is C15H12N3O6+. The number of hydrogen-bond donors (Lipinski definition) is 2. The fourth-order valence-electron chi connectivity index (χ4n) is 2.24. The van der Waals surface area contributed by atoms with Crippen molar-refractivity contribution in [3.05, 3.63) is 35.9 Å². The van der Waals surface area contributed by atoms with E-state index in [-0.39, 0.29) is 5.56 Å². The summed E-state index contributed by atoms with van der Waals surface area (Å²) in [5.41, 5.74) is -2.87. The highest BCUT2D eigenvalue weighted by molar-refractivity contribution is 6.58. The Balaban J connectivity index is 2.73. The minimum atomic E-state index is -2.26. The Hall–Kier alpha value is -3.54. The number of nitrogens with zero attached hydrogens (tertiary/aromatic N) is 3. The Kier molecular flexibility index (Phi) is 4.41. The van der Waals surface area contributed by atoms with Crippen molar-refractivity contribution < 1.29 is 33.9 Å². The van der Waals surface area contributed by atoms with Crippen LogP contribution in [0.5, 0.6) is 0 Å². The highest BCUT2D eigenvalue weighted by atomic mass is 16.5. The number of ether oxygens (including phenoxy) is 1. The van der Waals surface area contributed by atoms with Crippen LogP contribution in [0.4, 0.5) is 4.79 Å². The first kappa shape index (κ1) is 16.8. The summed E-state index contributed by atoms with van der Waals surface area (Å²) in [4.78, 5) is 39.4. The van der Waals surface area contributed by atoms with Crippen molar-refractivity contribution in [3.63, 3.8) is 0 Å². The highest BCUT2D eigenvalue weighted by Gasteiger charge is 2.62. The fraction of sp³-hybridized carbons (Fsp3) is 0.200. The molecule has 1 aliphatic heterocycles. The van der Waals surface area contributed by atoms with Gasteiger partial charge in [0.15, 0.2) is 6.10 Å². The predicted octanol–water partition coefficient (Wildman–Crippen LogP) is 0.595. The Morgan fingerprint density at radius 3 is 2.42 bits per heavy atom. The molecule has 2 N–H and O–H groups in total. The summed E-state index contributed by atoms with van der Waals surface area (Å²) in [5, 5.41) is 27.4. The van der Waals surface area contributed by atoms with E-state index < -0.39 is 35.5 Å². The van der Waals surface area contributed by atoms with Gasteiger partial charge in [-0.05, 0) is 19.1 Å². The molecule has 0 saturated heterocycles. The quantitative estimate of drug-likeness (QED) is 0.608. The number of hydrogen-bond acceptors (Lipinski definition) is 6. The van der Waals surface area contributed by atoms with Crippen molar-refractivity contribution in [2.45, 2.75) is 18.7 Å². The lowest BCUT2D eigenvalue weighted by Crippen LogP contribution is -2.49. The molecule has 0 fully saturated rings. The van der Waals surface area contributed by atoms with Crippen LogP contribution in [0, 0.1) is 11.3 Å². The van der Waals surface area contributed by atoms with Gasteiger partial charge in [-0.1, -0.05) is 22.8 Å². The van der Waals surface area contributed by atoms with Gasteiger partial charge in [0.25, 0.3) is 0 Å². The number of carbonyl (C=O) groups excluding carboxylic acids is 1. The zero-order valence-electron chi connectivity index (χ0n) is 12.4. The van der Waals surface area contributed by atoms with Gasteiger partial charge in [-0.3, -0.25) is 0 Å². The highest BCUT2D eigenvalue weighted by Crippen LogP contribution is 2.32. The van der Waals surface area contributed by atoms with Crippen LogP contribution >= 0.6 is 0 Å². The molecule has 1 amide bonds. The number of carboxylic acids is 1. The number of aliphatic carboxylic acids is 1. The van der Waals surface area contributed by atoms with Gasteiger partial charge in [-0.25, -0.2) is 14.6 Å². The maximum absolute atomic E-state index is 12.6. The van der Waals surface area contributed by atoms with Gasteiger partial charge in [0, 0.05) is 0 Å². The lowest BCUT2D eigenvalue weighted by Gasteiger charge is -2.20. The molecule has 0 saturated carbocycles. The molecule has 0 bridgehead atoms. The van der Waals surface area contributed by atoms with Crippen LogP contribution in [-0.4, -0.2) is 50.9 Å². The zero-order chi connectivity index (χ0) is 17.9. The van der Waals surface area contributed by atoms with E-state index in [2.05, 4.69) is 4.99 Å². The lowest BCUT2D eigenvalue weighted by molar-refractivity contribution is -0.520. The molecule has 0 spiro atoms. The molecule has 1 aromatic carbocycles. The average Bonchev–Trinajstić information content (AvgIpc) is 2.97. The molecule has 122 valence electrons. The van der Waals surface area contributed by atoms with E-state index in [1.54, 1.807) is 12.1 Å². The van der Waals surface area contributed by atoms with E-state index in [0.717, 1.165) is 6.21 Å². The van der Waals surface area contributed by atoms with Gasteiger partial charge in [0.05, 0.1) is 5.56 Å². The Morgan fingerprint density at radius 1 is 1.29 bits per heavy atom. The SMILES string of the molecule is CC(C#N)OC(=O)C1(c2ccccc2)N=CC(C(=O)O)=[N+]1C(=O)O. The van der Waals surface area contributed by atoms with E-state index in [0.29, 0.717) is 4.58 Å². The van der Waals surface area contributed by atoms with Gasteiger partial charge in [0.2, 0.25) is 0 Å². The summed E-state index contributed by atoms with van der Waals surface area (Å²) in [6, 6.07) is 9.21. The maximum atomic E-state index is 12.6. The van der Waals surface area contributed by atoms with E-state index in [1.165, 1.54) is 31.2 Å². The summed E-state index contributed by atoms with van der Waals surface area (Å²) >= 11 is 0. The number of carboxylic acid groups (broad SMARTS) is 2. The average molecular weight is 330 g/mol. The molecule has 1 aliphatic rings. The third-order valence-electron chi connectivity index (χ3n) is 3.28. The van der Waals surface area contributed by atoms with Gasteiger partial charge < -0.3 is 14.9 Å². The number of carbonyl (C=O) groups is 3. The van der Waals surface area contributed by atoms with E-state index in [9.17, 15) is 24.6 Å². The van der Waals surface area contributed by atoms with E-state index in [1.807, 2.05) is 0 Å². The standard InChI is InChI=1S/C15H11N3O6/c1-9(7-16)24-13(21)15(10-5-3-2-4-6-10)17-8-11(12(19)20)18(15)14(22)23/h2-6,8-9H,1H3,(H-,19,20,22,23)/p+1. The minimum absolute atomic E-state index is 0.0926. The van der Waals surface area contributed by atoms with Crippen LogP contribution in [0.15, 0.2) is 35.3 Å². The second-order valence-corrected chi connectivity index (χ2v) is 4.78. The Labute approximate surface area is 135 Å². The Morgan fingerprint density at radius 2 is 1.92 bits per heavy atom. The number of benzene rings is 1. The van der Waals surface area contributed by atoms with Crippen molar-refractivity contribution in [2.24, 2.45) is 4.99 Å².